The second-order valence-corrected chi connectivity index (χ2v) is 3.74. The summed E-state index contributed by atoms with van der Waals surface area (Å²) < 4.78 is 1.58. The van der Waals surface area contributed by atoms with E-state index in [1.807, 2.05) is 20.8 Å². The topological polar surface area (TPSA) is 47.8 Å². The van der Waals surface area contributed by atoms with Gasteiger partial charge in [-0.2, -0.15) is 0 Å². The van der Waals surface area contributed by atoms with Crippen LogP contribution in [0.1, 0.15) is 18.4 Å². The first-order valence-electron chi connectivity index (χ1n) is 5.19. The van der Waals surface area contributed by atoms with Crippen LogP contribution >= 0.6 is 0 Å². The van der Waals surface area contributed by atoms with Gasteiger partial charge in [-0.25, -0.2) is 9.97 Å². The number of rotatable bonds is 1. The molecule has 5 heteroatoms. The SMILES string of the molecule is [B]c1cc2c(C)nc(C)nc2n(CC)c1=O. The van der Waals surface area contributed by atoms with Crippen LogP contribution in [0.5, 0.6) is 0 Å². The first-order valence-corrected chi connectivity index (χ1v) is 5.19. The van der Waals surface area contributed by atoms with E-state index in [0.717, 1.165) is 11.1 Å². The predicted molar refractivity (Wildman–Crippen MR) is 64.3 cm³/mol. The zero-order valence-electron chi connectivity index (χ0n) is 9.61. The number of aromatic nitrogens is 3. The molecule has 16 heavy (non-hydrogen) atoms. The van der Waals surface area contributed by atoms with Gasteiger partial charge in [-0.05, 0) is 26.2 Å². The third-order valence-electron chi connectivity index (χ3n) is 2.59. The minimum Gasteiger partial charge on any atom is -0.293 e. The van der Waals surface area contributed by atoms with Crippen LogP contribution in [-0.4, -0.2) is 22.4 Å². The molecule has 0 saturated carbocycles. The Morgan fingerprint density at radius 2 is 2.06 bits per heavy atom. The van der Waals surface area contributed by atoms with Crippen molar-refractivity contribution in [3.05, 3.63) is 27.9 Å². The molecule has 2 heterocycles. The fourth-order valence-corrected chi connectivity index (χ4v) is 1.84. The molecule has 0 unspecified atom stereocenters. The molecule has 2 aromatic heterocycles. The van der Waals surface area contributed by atoms with Crippen molar-refractivity contribution in [3.63, 3.8) is 0 Å². The van der Waals surface area contributed by atoms with Crippen molar-refractivity contribution < 1.29 is 0 Å². The lowest BCUT2D eigenvalue weighted by Crippen LogP contribution is -2.34. The van der Waals surface area contributed by atoms with Crippen molar-refractivity contribution in [2.24, 2.45) is 0 Å². The van der Waals surface area contributed by atoms with E-state index in [9.17, 15) is 4.79 Å². The predicted octanol–water partition coefficient (Wildman–Crippen LogP) is 0.222. The van der Waals surface area contributed by atoms with Gasteiger partial charge in [0.05, 0.1) is 5.69 Å². The third-order valence-corrected chi connectivity index (χ3v) is 2.59. The van der Waals surface area contributed by atoms with Gasteiger partial charge >= 0.3 is 0 Å². The standard InChI is InChI=1S/C11H12BN3O/c1-4-15-10-8(5-9(12)11(15)16)6(2)13-7(3)14-10/h5H,4H2,1-3H3. The maximum atomic E-state index is 11.8. The molecule has 0 N–H and O–H groups in total. The van der Waals surface area contributed by atoms with Crippen molar-refractivity contribution in [1.82, 2.24) is 14.5 Å². The molecule has 0 aromatic carbocycles. The summed E-state index contributed by atoms with van der Waals surface area (Å²) >= 11 is 0. The van der Waals surface area contributed by atoms with Crippen molar-refractivity contribution in [2.75, 3.05) is 0 Å². The molecule has 0 atom stereocenters. The molecule has 80 valence electrons. The van der Waals surface area contributed by atoms with E-state index in [1.165, 1.54) is 0 Å². The molecule has 0 saturated heterocycles. The molecule has 0 aliphatic carbocycles. The molecule has 4 nitrogen and oxygen atoms in total. The van der Waals surface area contributed by atoms with Gasteiger partial charge in [0.2, 0.25) is 5.56 Å². The van der Waals surface area contributed by atoms with Crippen LogP contribution in [0.15, 0.2) is 10.9 Å². The molecule has 0 bridgehead atoms. The highest BCUT2D eigenvalue weighted by atomic mass is 16.1. The van der Waals surface area contributed by atoms with E-state index < -0.39 is 0 Å². The molecule has 0 amide bonds. The number of fused-ring (bicyclic) bond motifs is 1. The second-order valence-electron chi connectivity index (χ2n) is 3.74. The molecule has 2 radical (unpaired) electrons. The Bertz CT molecular complexity index is 619. The van der Waals surface area contributed by atoms with Crippen LogP contribution in [0.25, 0.3) is 11.0 Å². The summed E-state index contributed by atoms with van der Waals surface area (Å²) in [6, 6.07) is 1.65. The summed E-state index contributed by atoms with van der Waals surface area (Å²) in [6.07, 6.45) is 0. The van der Waals surface area contributed by atoms with E-state index in [0.29, 0.717) is 18.0 Å². The van der Waals surface area contributed by atoms with E-state index in [-0.39, 0.29) is 11.0 Å². The summed E-state index contributed by atoms with van der Waals surface area (Å²) in [6.45, 7) is 6.15. The molecular formula is C11H12BN3O. The Kier molecular flexibility index (Phi) is 2.54. The molecule has 0 spiro atoms. The normalized spacial score (nSPS) is 10.9. The van der Waals surface area contributed by atoms with E-state index in [1.54, 1.807) is 10.6 Å². The molecule has 0 aliphatic heterocycles. The number of nitrogens with zero attached hydrogens (tertiary/aromatic N) is 3. The highest BCUT2D eigenvalue weighted by molar-refractivity contribution is 6.32. The Morgan fingerprint density at radius 3 is 2.69 bits per heavy atom. The van der Waals surface area contributed by atoms with Crippen molar-refractivity contribution in [3.8, 4) is 0 Å². The Labute approximate surface area is 94.8 Å². The van der Waals surface area contributed by atoms with Crippen LogP contribution in [0.3, 0.4) is 0 Å². The van der Waals surface area contributed by atoms with Gasteiger partial charge in [-0.3, -0.25) is 9.36 Å². The van der Waals surface area contributed by atoms with Gasteiger partial charge in [-0.1, -0.05) is 6.07 Å². The summed E-state index contributed by atoms with van der Waals surface area (Å²) in [5.41, 5.74) is 1.56. The minimum absolute atomic E-state index is 0.187. The summed E-state index contributed by atoms with van der Waals surface area (Å²) in [4.78, 5) is 20.4. The van der Waals surface area contributed by atoms with Crippen LogP contribution in [0.4, 0.5) is 0 Å². The first kappa shape index (κ1) is 10.9. The van der Waals surface area contributed by atoms with Gasteiger partial charge < -0.3 is 0 Å². The molecule has 0 aliphatic rings. The van der Waals surface area contributed by atoms with E-state index in [4.69, 9.17) is 7.85 Å². The van der Waals surface area contributed by atoms with E-state index >= 15 is 0 Å². The Balaban J connectivity index is 3.02. The average molecular weight is 213 g/mol. The molecule has 2 aromatic rings. The number of hydrogen-bond acceptors (Lipinski definition) is 3. The van der Waals surface area contributed by atoms with Gasteiger partial charge in [-0.15, -0.1) is 0 Å². The summed E-state index contributed by atoms with van der Waals surface area (Å²) in [5.74, 6) is 0.663. The third kappa shape index (κ3) is 1.52. The van der Waals surface area contributed by atoms with Gasteiger partial charge in [0, 0.05) is 11.9 Å². The van der Waals surface area contributed by atoms with Gasteiger partial charge in [0.1, 0.15) is 19.3 Å². The Hall–Kier alpha value is -1.65. The number of hydrogen-bond donors (Lipinski definition) is 0. The lowest BCUT2D eigenvalue weighted by molar-refractivity contribution is 0.749. The fraction of sp³-hybridized carbons (Fsp3) is 0.364. The zero-order valence-corrected chi connectivity index (χ0v) is 9.61. The largest absolute Gasteiger partial charge is 0.293 e. The number of aryl methyl sites for hydroxylation is 3. The van der Waals surface area contributed by atoms with Crippen LogP contribution in [0, 0.1) is 13.8 Å². The van der Waals surface area contributed by atoms with Crippen molar-refractivity contribution in [2.45, 2.75) is 27.3 Å². The van der Waals surface area contributed by atoms with Crippen LogP contribution < -0.4 is 11.0 Å². The van der Waals surface area contributed by atoms with Gasteiger partial charge in [0.25, 0.3) is 0 Å². The number of pyridine rings is 1. The maximum Gasteiger partial charge on any atom is 0.245 e. The quantitative estimate of drug-likeness (QED) is 0.636. The van der Waals surface area contributed by atoms with Crippen molar-refractivity contribution >= 4 is 24.3 Å². The molecular weight excluding hydrogens is 201 g/mol. The average Bonchev–Trinajstić information content (AvgIpc) is 2.22. The minimum atomic E-state index is -0.187. The Morgan fingerprint density at radius 1 is 1.38 bits per heavy atom. The fourth-order valence-electron chi connectivity index (χ4n) is 1.84. The lowest BCUT2D eigenvalue weighted by atomic mass is 9.96. The summed E-state index contributed by atoms with van der Waals surface area (Å²) in [5, 5.41) is 0.838. The van der Waals surface area contributed by atoms with Crippen LogP contribution in [0.2, 0.25) is 0 Å². The summed E-state index contributed by atoms with van der Waals surface area (Å²) in [7, 11) is 5.68. The smallest absolute Gasteiger partial charge is 0.245 e. The monoisotopic (exact) mass is 213 g/mol. The highest BCUT2D eigenvalue weighted by Gasteiger charge is 2.09. The second kappa shape index (κ2) is 3.74. The highest BCUT2D eigenvalue weighted by Crippen LogP contribution is 2.12. The van der Waals surface area contributed by atoms with Gasteiger partial charge in [0.15, 0.2) is 0 Å². The maximum absolute atomic E-state index is 11.8. The van der Waals surface area contributed by atoms with Crippen LogP contribution in [-0.2, 0) is 6.54 Å². The van der Waals surface area contributed by atoms with E-state index in [2.05, 4.69) is 9.97 Å². The lowest BCUT2D eigenvalue weighted by Gasteiger charge is -2.10. The molecule has 0 fully saturated rings. The molecule has 2 rings (SSSR count). The zero-order chi connectivity index (χ0) is 11.9. The van der Waals surface area contributed by atoms with Crippen molar-refractivity contribution in [1.29, 1.82) is 0 Å². The first-order chi connectivity index (χ1) is 7.54.